The number of rotatable bonds is 4. The van der Waals surface area contributed by atoms with Gasteiger partial charge < -0.3 is 5.11 Å². The zero-order chi connectivity index (χ0) is 20.7. The molecule has 2 aromatic carbocycles. The van der Waals surface area contributed by atoms with Gasteiger partial charge in [-0.05, 0) is 36.8 Å². The van der Waals surface area contributed by atoms with Gasteiger partial charge in [-0.25, -0.2) is 13.4 Å². The predicted molar refractivity (Wildman–Crippen MR) is 100 cm³/mol. The minimum Gasteiger partial charge on any atom is -0.376 e. The number of hydrogen-bond acceptors (Lipinski definition) is 5. The molecule has 3 rings (SSSR count). The Morgan fingerprint density at radius 1 is 1.11 bits per heavy atom. The van der Waals surface area contributed by atoms with Crippen LogP contribution in [0, 0.1) is 0 Å². The molecule has 0 aliphatic rings. The normalized spacial score (nSPS) is 14.6. The molecule has 28 heavy (non-hydrogen) atoms. The van der Waals surface area contributed by atoms with Crippen molar-refractivity contribution in [2.75, 3.05) is 0 Å². The van der Waals surface area contributed by atoms with E-state index in [1.807, 2.05) is 0 Å². The summed E-state index contributed by atoms with van der Waals surface area (Å²) in [6.45, 7) is 0.602. The first-order valence-corrected chi connectivity index (χ1v) is 10.5. The summed E-state index contributed by atoms with van der Waals surface area (Å²) in [4.78, 5) is 3.71. The van der Waals surface area contributed by atoms with Gasteiger partial charge in [-0.2, -0.15) is 13.2 Å². The van der Waals surface area contributed by atoms with Crippen molar-refractivity contribution in [3.63, 3.8) is 0 Å². The summed E-state index contributed by atoms with van der Waals surface area (Å²) in [5, 5.41) is 12.1. The van der Waals surface area contributed by atoms with E-state index in [0.717, 1.165) is 24.3 Å². The first kappa shape index (κ1) is 20.8. The molecule has 0 radical (unpaired) electrons. The van der Waals surface area contributed by atoms with Crippen molar-refractivity contribution < 1.29 is 26.7 Å². The molecule has 1 N–H and O–H groups in total. The average Bonchev–Trinajstić information content (AvgIpc) is 3.15. The lowest BCUT2D eigenvalue weighted by Crippen LogP contribution is -2.39. The molecule has 0 aliphatic carbocycles. The summed E-state index contributed by atoms with van der Waals surface area (Å²) >= 11 is 7.52. The van der Waals surface area contributed by atoms with Crippen molar-refractivity contribution in [1.82, 2.24) is 4.98 Å². The molecule has 10 heteroatoms. The third-order valence-electron chi connectivity index (χ3n) is 4.18. The summed E-state index contributed by atoms with van der Waals surface area (Å²) in [5.74, 6) is 0. The Morgan fingerprint density at radius 3 is 2.25 bits per heavy atom. The Balaban J connectivity index is 1.98. The van der Waals surface area contributed by atoms with Crippen LogP contribution in [0.3, 0.4) is 0 Å². The van der Waals surface area contributed by atoms with Gasteiger partial charge in [-0.1, -0.05) is 29.8 Å². The molecule has 0 bridgehead atoms. The van der Waals surface area contributed by atoms with Gasteiger partial charge in [0.05, 0.1) is 14.8 Å². The smallest absolute Gasteiger partial charge is 0.376 e. The number of alkyl halides is 3. The lowest BCUT2D eigenvalue weighted by atomic mass is 9.96. The summed E-state index contributed by atoms with van der Waals surface area (Å²) < 4.78 is 64.5. The number of aliphatic hydroxyl groups is 1. The van der Waals surface area contributed by atoms with Gasteiger partial charge in [0.2, 0.25) is 9.84 Å². The SMILES string of the molecule is CC(O)(c1ccc(S(=O)(=O)c2ccc(-c3nccs3)cc2Cl)cc1)C(F)(F)F. The molecule has 0 saturated heterocycles. The van der Waals surface area contributed by atoms with Crippen LogP contribution in [-0.2, 0) is 15.4 Å². The van der Waals surface area contributed by atoms with Crippen LogP contribution >= 0.6 is 22.9 Å². The topological polar surface area (TPSA) is 67.3 Å². The standard InChI is InChI=1S/C18H13ClF3NO3S2/c1-17(24,18(20,21)22)12-3-5-13(6-4-12)28(25,26)15-7-2-11(10-14(15)19)16-23-8-9-27-16/h2-10,24H,1H3. The summed E-state index contributed by atoms with van der Waals surface area (Å²) in [7, 11) is -4.06. The fourth-order valence-corrected chi connectivity index (χ4v) is 4.90. The minimum atomic E-state index is -4.90. The highest BCUT2D eigenvalue weighted by molar-refractivity contribution is 7.91. The van der Waals surface area contributed by atoms with Crippen LogP contribution in [-0.4, -0.2) is 24.7 Å². The second kappa shape index (κ2) is 7.14. The van der Waals surface area contributed by atoms with E-state index in [1.165, 1.54) is 23.5 Å². The highest BCUT2D eigenvalue weighted by Crippen LogP contribution is 2.39. The summed E-state index contributed by atoms with van der Waals surface area (Å²) in [6.07, 6.45) is -3.29. The number of aromatic nitrogens is 1. The molecule has 0 saturated carbocycles. The Labute approximate surface area is 168 Å². The molecule has 1 aromatic heterocycles. The van der Waals surface area contributed by atoms with E-state index in [0.29, 0.717) is 17.5 Å². The van der Waals surface area contributed by atoms with Gasteiger partial charge >= 0.3 is 6.18 Å². The second-order valence-electron chi connectivity index (χ2n) is 6.08. The van der Waals surface area contributed by atoms with Crippen LogP contribution < -0.4 is 0 Å². The van der Waals surface area contributed by atoms with Crippen LogP contribution in [0.15, 0.2) is 63.8 Å². The number of sulfone groups is 1. The Bertz CT molecular complexity index is 1090. The Hall–Kier alpha value is -1.94. The van der Waals surface area contributed by atoms with Gasteiger partial charge in [0.15, 0.2) is 5.60 Å². The molecule has 148 valence electrons. The van der Waals surface area contributed by atoms with Crippen molar-refractivity contribution in [3.05, 3.63) is 64.6 Å². The molecule has 1 heterocycles. The predicted octanol–water partition coefficient (Wildman–Crippen LogP) is 5.07. The highest BCUT2D eigenvalue weighted by atomic mass is 35.5. The number of halogens is 4. The van der Waals surface area contributed by atoms with Crippen molar-refractivity contribution >= 4 is 32.8 Å². The third-order valence-corrected chi connectivity index (χ3v) is 7.25. The van der Waals surface area contributed by atoms with Crippen molar-refractivity contribution in [2.45, 2.75) is 28.5 Å². The summed E-state index contributed by atoms with van der Waals surface area (Å²) in [6, 6.07) is 8.23. The number of thiazole rings is 1. The van der Waals surface area contributed by atoms with Gasteiger partial charge in [-0.15, -0.1) is 11.3 Å². The number of hydrogen-bond donors (Lipinski definition) is 1. The van der Waals surface area contributed by atoms with E-state index in [2.05, 4.69) is 4.98 Å². The second-order valence-corrected chi connectivity index (χ2v) is 9.30. The lowest BCUT2D eigenvalue weighted by Gasteiger charge is -2.26. The van der Waals surface area contributed by atoms with Crippen LogP contribution in [0.4, 0.5) is 13.2 Å². The zero-order valence-electron chi connectivity index (χ0n) is 14.2. The minimum absolute atomic E-state index is 0.0286. The average molecular weight is 448 g/mol. The van der Waals surface area contributed by atoms with E-state index in [-0.39, 0.29) is 14.8 Å². The van der Waals surface area contributed by atoms with E-state index in [9.17, 15) is 26.7 Å². The largest absolute Gasteiger partial charge is 0.421 e. The number of benzene rings is 2. The van der Waals surface area contributed by atoms with E-state index in [1.54, 1.807) is 17.6 Å². The fraction of sp³-hybridized carbons (Fsp3) is 0.167. The van der Waals surface area contributed by atoms with Crippen molar-refractivity contribution in [2.24, 2.45) is 0 Å². The molecule has 0 fully saturated rings. The quantitative estimate of drug-likeness (QED) is 0.606. The first-order valence-electron chi connectivity index (χ1n) is 7.79. The molecule has 1 unspecified atom stereocenters. The molecule has 0 amide bonds. The van der Waals surface area contributed by atoms with Crippen molar-refractivity contribution in [3.8, 4) is 10.6 Å². The highest BCUT2D eigenvalue weighted by Gasteiger charge is 2.51. The fourth-order valence-electron chi connectivity index (χ4n) is 2.47. The van der Waals surface area contributed by atoms with E-state index < -0.39 is 27.2 Å². The van der Waals surface area contributed by atoms with Crippen molar-refractivity contribution in [1.29, 1.82) is 0 Å². The Kier molecular flexibility index (Phi) is 5.30. The van der Waals surface area contributed by atoms with Gasteiger partial charge in [0.25, 0.3) is 0 Å². The molecule has 0 aliphatic heterocycles. The molecule has 4 nitrogen and oxygen atoms in total. The van der Waals surface area contributed by atoms with E-state index in [4.69, 9.17) is 11.6 Å². The van der Waals surface area contributed by atoms with Crippen LogP contribution in [0.5, 0.6) is 0 Å². The van der Waals surface area contributed by atoms with Gasteiger partial charge in [0.1, 0.15) is 5.01 Å². The van der Waals surface area contributed by atoms with Crippen LogP contribution in [0.25, 0.3) is 10.6 Å². The molecule has 1 atom stereocenters. The third kappa shape index (κ3) is 3.67. The summed E-state index contributed by atoms with van der Waals surface area (Å²) in [5.41, 5.74) is -2.91. The maximum atomic E-state index is 12.9. The van der Waals surface area contributed by atoms with Crippen LogP contribution in [0.1, 0.15) is 12.5 Å². The molecular formula is C18H13ClF3NO3S2. The van der Waals surface area contributed by atoms with E-state index >= 15 is 0 Å². The van der Waals surface area contributed by atoms with Crippen LogP contribution in [0.2, 0.25) is 5.02 Å². The maximum absolute atomic E-state index is 12.9. The number of nitrogens with zero attached hydrogens (tertiary/aromatic N) is 1. The maximum Gasteiger partial charge on any atom is 0.421 e. The van der Waals surface area contributed by atoms with Gasteiger partial charge in [-0.3, -0.25) is 0 Å². The molecule has 0 spiro atoms. The Morgan fingerprint density at radius 2 is 1.75 bits per heavy atom. The van der Waals surface area contributed by atoms with Gasteiger partial charge in [0, 0.05) is 17.1 Å². The lowest BCUT2D eigenvalue weighted by molar-refractivity contribution is -0.258. The zero-order valence-corrected chi connectivity index (χ0v) is 16.6. The molecular weight excluding hydrogens is 435 g/mol. The monoisotopic (exact) mass is 447 g/mol. The first-order chi connectivity index (χ1) is 12.9. The molecule has 3 aromatic rings.